The summed E-state index contributed by atoms with van der Waals surface area (Å²) in [6.07, 6.45) is 5.86. The Labute approximate surface area is 121 Å². The SMILES string of the molecule is CNC(CCc1cnn(C)c1)c1cc(Cl)sc1Cl. The van der Waals surface area contributed by atoms with E-state index in [4.69, 9.17) is 23.2 Å². The molecule has 1 unspecified atom stereocenters. The van der Waals surface area contributed by atoms with Crippen molar-refractivity contribution in [2.45, 2.75) is 18.9 Å². The number of aromatic nitrogens is 2. The Hall–Kier alpha value is -0.550. The maximum absolute atomic E-state index is 6.18. The highest BCUT2D eigenvalue weighted by atomic mass is 35.5. The quantitative estimate of drug-likeness (QED) is 0.913. The van der Waals surface area contributed by atoms with E-state index in [0.717, 1.165) is 27.1 Å². The lowest BCUT2D eigenvalue weighted by molar-refractivity contribution is 0.551. The van der Waals surface area contributed by atoms with Crippen LogP contribution >= 0.6 is 34.5 Å². The van der Waals surface area contributed by atoms with Gasteiger partial charge in [0.1, 0.15) is 0 Å². The summed E-state index contributed by atoms with van der Waals surface area (Å²) in [5.41, 5.74) is 2.31. The second-order valence-electron chi connectivity index (χ2n) is 4.18. The minimum atomic E-state index is 0.224. The van der Waals surface area contributed by atoms with E-state index < -0.39 is 0 Å². The van der Waals surface area contributed by atoms with Gasteiger partial charge in [-0.05, 0) is 31.5 Å². The van der Waals surface area contributed by atoms with Crippen molar-refractivity contribution in [2.24, 2.45) is 7.05 Å². The number of rotatable bonds is 5. The van der Waals surface area contributed by atoms with Crippen molar-refractivity contribution in [3.63, 3.8) is 0 Å². The number of hydrogen-bond acceptors (Lipinski definition) is 3. The first-order valence-electron chi connectivity index (χ1n) is 5.69. The van der Waals surface area contributed by atoms with E-state index in [1.165, 1.54) is 16.9 Å². The first-order chi connectivity index (χ1) is 8.60. The van der Waals surface area contributed by atoms with Crippen molar-refractivity contribution in [2.75, 3.05) is 7.05 Å². The third-order valence-corrected chi connectivity index (χ3v) is 4.40. The molecule has 0 saturated carbocycles. The van der Waals surface area contributed by atoms with Crippen LogP contribution < -0.4 is 5.32 Å². The lowest BCUT2D eigenvalue weighted by Gasteiger charge is -2.14. The molecule has 98 valence electrons. The lowest BCUT2D eigenvalue weighted by Crippen LogP contribution is -2.16. The molecule has 2 rings (SSSR count). The fourth-order valence-electron chi connectivity index (χ4n) is 1.96. The molecule has 1 N–H and O–H groups in total. The van der Waals surface area contributed by atoms with Gasteiger partial charge in [0.15, 0.2) is 0 Å². The van der Waals surface area contributed by atoms with Crippen molar-refractivity contribution in [1.29, 1.82) is 0 Å². The first kappa shape index (κ1) is 13.9. The molecule has 0 spiro atoms. The number of halogens is 2. The van der Waals surface area contributed by atoms with Crippen LogP contribution in [-0.2, 0) is 13.5 Å². The van der Waals surface area contributed by atoms with Crippen LogP contribution in [0.15, 0.2) is 18.5 Å². The summed E-state index contributed by atoms with van der Waals surface area (Å²) in [7, 11) is 3.87. The molecule has 0 fully saturated rings. The summed E-state index contributed by atoms with van der Waals surface area (Å²) in [6, 6.07) is 2.17. The highest BCUT2D eigenvalue weighted by Crippen LogP contribution is 2.36. The first-order valence-corrected chi connectivity index (χ1v) is 7.27. The predicted molar refractivity (Wildman–Crippen MR) is 77.7 cm³/mol. The van der Waals surface area contributed by atoms with Crippen molar-refractivity contribution < 1.29 is 0 Å². The van der Waals surface area contributed by atoms with Crippen molar-refractivity contribution in [3.05, 3.63) is 38.3 Å². The van der Waals surface area contributed by atoms with Crippen LogP contribution in [0.1, 0.15) is 23.6 Å². The summed E-state index contributed by atoms with van der Waals surface area (Å²) in [4.78, 5) is 0. The number of nitrogens with one attached hydrogen (secondary N) is 1. The molecule has 18 heavy (non-hydrogen) atoms. The van der Waals surface area contributed by atoms with E-state index in [2.05, 4.69) is 10.4 Å². The molecular weight excluding hydrogens is 289 g/mol. The average Bonchev–Trinajstić information content (AvgIpc) is 2.87. The van der Waals surface area contributed by atoms with Crippen LogP contribution in [0, 0.1) is 0 Å². The minimum Gasteiger partial charge on any atom is -0.313 e. The van der Waals surface area contributed by atoms with E-state index in [1.807, 2.05) is 37.2 Å². The Bertz CT molecular complexity index is 521. The molecule has 1 atom stereocenters. The fraction of sp³-hybridized carbons (Fsp3) is 0.417. The zero-order chi connectivity index (χ0) is 13.1. The minimum absolute atomic E-state index is 0.224. The van der Waals surface area contributed by atoms with E-state index in [-0.39, 0.29) is 6.04 Å². The Balaban J connectivity index is 2.03. The van der Waals surface area contributed by atoms with Crippen LogP contribution in [0.5, 0.6) is 0 Å². The van der Waals surface area contributed by atoms with Crippen molar-refractivity contribution >= 4 is 34.5 Å². The molecule has 0 aliphatic carbocycles. The number of nitrogens with zero attached hydrogens (tertiary/aromatic N) is 2. The molecule has 2 aromatic heterocycles. The molecule has 0 aliphatic heterocycles. The van der Waals surface area contributed by atoms with Crippen molar-refractivity contribution in [3.8, 4) is 0 Å². The summed E-state index contributed by atoms with van der Waals surface area (Å²) in [6.45, 7) is 0. The molecule has 0 radical (unpaired) electrons. The Morgan fingerprint density at radius 3 is 2.78 bits per heavy atom. The zero-order valence-corrected chi connectivity index (χ0v) is 12.6. The van der Waals surface area contributed by atoms with E-state index in [9.17, 15) is 0 Å². The van der Waals surface area contributed by atoms with Crippen LogP contribution in [0.25, 0.3) is 0 Å². The van der Waals surface area contributed by atoms with E-state index >= 15 is 0 Å². The lowest BCUT2D eigenvalue weighted by atomic mass is 10.0. The van der Waals surface area contributed by atoms with Crippen LogP contribution in [0.3, 0.4) is 0 Å². The van der Waals surface area contributed by atoms with Gasteiger partial charge in [-0.1, -0.05) is 23.2 Å². The van der Waals surface area contributed by atoms with Gasteiger partial charge in [0.05, 0.1) is 14.9 Å². The highest BCUT2D eigenvalue weighted by molar-refractivity contribution is 7.20. The molecule has 6 heteroatoms. The Morgan fingerprint density at radius 1 is 1.50 bits per heavy atom. The fourth-order valence-corrected chi connectivity index (χ4v) is 3.54. The predicted octanol–water partition coefficient (Wildman–Crippen LogP) is 3.68. The van der Waals surface area contributed by atoms with Crippen LogP contribution in [-0.4, -0.2) is 16.8 Å². The molecule has 2 heterocycles. The van der Waals surface area contributed by atoms with Gasteiger partial charge in [-0.15, -0.1) is 11.3 Å². The molecule has 0 amide bonds. The van der Waals surface area contributed by atoms with Gasteiger partial charge in [-0.3, -0.25) is 4.68 Å². The maximum atomic E-state index is 6.18. The van der Waals surface area contributed by atoms with Gasteiger partial charge < -0.3 is 5.32 Å². The zero-order valence-electron chi connectivity index (χ0n) is 10.3. The Kier molecular flexibility index (Phi) is 4.67. The number of thiophene rings is 1. The second kappa shape index (κ2) is 6.06. The second-order valence-corrected chi connectivity index (χ2v) is 6.47. The molecule has 0 aliphatic rings. The largest absolute Gasteiger partial charge is 0.313 e. The number of aryl methyl sites for hydroxylation is 2. The summed E-state index contributed by atoms with van der Waals surface area (Å²) in [5, 5.41) is 7.45. The van der Waals surface area contributed by atoms with Crippen LogP contribution in [0.2, 0.25) is 8.67 Å². The summed E-state index contributed by atoms with van der Waals surface area (Å²) >= 11 is 13.6. The van der Waals surface area contributed by atoms with Crippen LogP contribution in [0.4, 0.5) is 0 Å². The Morgan fingerprint density at radius 2 is 2.28 bits per heavy atom. The maximum Gasteiger partial charge on any atom is 0.0991 e. The third-order valence-electron chi connectivity index (χ3n) is 2.89. The normalized spacial score (nSPS) is 12.9. The monoisotopic (exact) mass is 303 g/mol. The van der Waals surface area contributed by atoms with Gasteiger partial charge >= 0.3 is 0 Å². The van der Waals surface area contributed by atoms with E-state index in [0.29, 0.717) is 0 Å². The summed E-state index contributed by atoms with van der Waals surface area (Å²) < 4.78 is 3.32. The van der Waals surface area contributed by atoms with Gasteiger partial charge in [0, 0.05) is 24.8 Å². The van der Waals surface area contributed by atoms with Gasteiger partial charge in [0.2, 0.25) is 0 Å². The standard InChI is InChI=1S/C12H15Cl2N3S/c1-15-10(9-5-11(13)18-12(9)14)4-3-8-6-16-17(2)7-8/h5-7,10,15H,3-4H2,1-2H3. The third kappa shape index (κ3) is 3.26. The molecule has 3 nitrogen and oxygen atoms in total. The van der Waals surface area contributed by atoms with Gasteiger partial charge in [-0.25, -0.2) is 0 Å². The van der Waals surface area contributed by atoms with Crippen molar-refractivity contribution in [1.82, 2.24) is 15.1 Å². The van der Waals surface area contributed by atoms with Gasteiger partial charge in [0.25, 0.3) is 0 Å². The molecule has 0 bridgehead atoms. The molecule has 2 aromatic rings. The van der Waals surface area contributed by atoms with E-state index in [1.54, 1.807) is 0 Å². The molecule has 0 aromatic carbocycles. The highest BCUT2D eigenvalue weighted by Gasteiger charge is 2.16. The average molecular weight is 304 g/mol. The molecule has 0 saturated heterocycles. The topological polar surface area (TPSA) is 29.9 Å². The number of hydrogen-bond donors (Lipinski definition) is 1. The smallest absolute Gasteiger partial charge is 0.0991 e. The van der Waals surface area contributed by atoms with Gasteiger partial charge in [-0.2, -0.15) is 5.10 Å². The summed E-state index contributed by atoms with van der Waals surface area (Å²) in [5.74, 6) is 0. The molecular formula is C12H15Cl2N3S.